The van der Waals surface area contributed by atoms with Gasteiger partial charge in [0.15, 0.2) is 0 Å². The Hall–Kier alpha value is -1.84. The average molecular weight is 382 g/mol. The van der Waals surface area contributed by atoms with Crippen molar-refractivity contribution in [3.8, 4) is 5.75 Å². The molecule has 2 aromatic carbocycles. The molecule has 3 rings (SSSR count). The molecular formula is C25H35NO2. The maximum absolute atomic E-state index is 9.01. The quantitative estimate of drug-likeness (QED) is 0.590. The summed E-state index contributed by atoms with van der Waals surface area (Å²) in [5.41, 5.74) is 11.8. The van der Waals surface area contributed by atoms with E-state index in [9.17, 15) is 0 Å². The molecule has 0 heterocycles. The average Bonchev–Trinajstić information content (AvgIpc) is 2.71. The van der Waals surface area contributed by atoms with E-state index < -0.39 is 0 Å². The number of aliphatic hydroxyl groups excluding tert-OH is 1. The summed E-state index contributed by atoms with van der Waals surface area (Å²) in [6.45, 7) is 3.70. The van der Waals surface area contributed by atoms with Crippen molar-refractivity contribution < 1.29 is 9.84 Å². The highest BCUT2D eigenvalue weighted by atomic mass is 16.5. The monoisotopic (exact) mass is 381 g/mol. The Balaban J connectivity index is 1.63. The van der Waals surface area contributed by atoms with E-state index in [2.05, 4.69) is 36.4 Å². The number of fused-ring (bicyclic) bond motifs is 1. The van der Waals surface area contributed by atoms with Crippen molar-refractivity contribution in [3.63, 3.8) is 0 Å². The molecule has 0 amide bonds. The molecule has 0 radical (unpaired) electrons. The van der Waals surface area contributed by atoms with Crippen LogP contribution in [0.1, 0.15) is 60.8 Å². The van der Waals surface area contributed by atoms with Gasteiger partial charge < -0.3 is 15.6 Å². The third-order valence-electron chi connectivity index (χ3n) is 6.01. The van der Waals surface area contributed by atoms with Crippen LogP contribution >= 0.6 is 0 Å². The van der Waals surface area contributed by atoms with Crippen molar-refractivity contribution in [1.82, 2.24) is 0 Å². The van der Waals surface area contributed by atoms with Crippen LogP contribution in [0.15, 0.2) is 42.5 Å². The molecular weight excluding hydrogens is 346 g/mol. The molecule has 0 saturated heterocycles. The number of nitrogens with two attached hydrogens (primary N) is 1. The molecule has 3 nitrogen and oxygen atoms in total. The first-order valence-electron chi connectivity index (χ1n) is 10.9. The molecule has 0 aliphatic heterocycles. The molecule has 28 heavy (non-hydrogen) atoms. The van der Waals surface area contributed by atoms with Crippen molar-refractivity contribution in [2.24, 2.45) is 11.7 Å². The van der Waals surface area contributed by atoms with Crippen LogP contribution in [-0.4, -0.2) is 24.9 Å². The highest BCUT2D eigenvalue weighted by molar-refractivity contribution is 5.37. The number of aryl methyl sites for hydroxylation is 1. The second kappa shape index (κ2) is 10.6. The Morgan fingerprint density at radius 3 is 2.82 bits per heavy atom. The molecule has 0 aromatic heterocycles. The van der Waals surface area contributed by atoms with E-state index in [1.54, 1.807) is 0 Å². The van der Waals surface area contributed by atoms with Gasteiger partial charge in [-0.2, -0.15) is 0 Å². The van der Waals surface area contributed by atoms with E-state index >= 15 is 0 Å². The molecule has 1 aliphatic carbocycles. The molecule has 0 fully saturated rings. The minimum absolute atomic E-state index is 0.274. The van der Waals surface area contributed by atoms with Gasteiger partial charge in [-0.15, -0.1) is 0 Å². The Labute approximate surface area is 169 Å². The third-order valence-corrected chi connectivity index (χ3v) is 6.01. The number of hydrogen-bond acceptors (Lipinski definition) is 3. The van der Waals surface area contributed by atoms with E-state index in [4.69, 9.17) is 15.6 Å². The summed E-state index contributed by atoms with van der Waals surface area (Å²) in [6, 6.07) is 15.6. The van der Waals surface area contributed by atoms with Crippen LogP contribution in [-0.2, 0) is 19.3 Å². The zero-order valence-corrected chi connectivity index (χ0v) is 17.2. The van der Waals surface area contributed by atoms with Gasteiger partial charge in [0.1, 0.15) is 5.75 Å². The molecule has 2 aromatic rings. The van der Waals surface area contributed by atoms with Gasteiger partial charge >= 0.3 is 0 Å². The second-order valence-electron chi connectivity index (χ2n) is 8.07. The molecule has 1 aliphatic rings. The van der Waals surface area contributed by atoms with Crippen LogP contribution in [0.4, 0.5) is 0 Å². The summed E-state index contributed by atoms with van der Waals surface area (Å²) >= 11 is 0. The lowest BCUT2D eigenvalue weighted by Crippen LogP contribution is -2.18. The van der Waals surface area contributed by atoms with E-state index in [0.29, 0.717) is 25.0 Å². The Bertz CT molecular complexity index is 743. The molecule has 2 atom stereocenters. The van der Waals surface area contributed by atoms with Crippen LogP contribution in [0.25, 0.3) is 0 Å². The topological polar surface area (TPSA) is 55.5 Å². The van der Waals surface area contributed by atoms with Crippen LogP contribution in [0.3, 0.4) is 0 Å². The van der Waals surface area contributed by atoms with Gasteiger partial charge in [-0.1, -0.05) is 36.8 Å². The summed E-state index contributed by atoms with van der Waals surface area (Å²) in [5.74, 6) is 2.09. The normalized spacial score (nSPS) is 17.2. The van der Waals surface area contributed by atoms with Crippen molar-refractivity contribution >= 4 is 0 Å². The van der Waals surface area contributed by atoms with Crippen LogP contribution < -0.4 is 10.5 Å². The molecule has 152 valence electrons. The van der Waals surface area contributed by atoms with Gasteiger partial charge in [-0.3, -0.25) is 0 Å². The van der Waals surface area contributed by atoms with Gasteiger partial charge in [0.2, 0.25) is 0 Å². The van der Waals surface area contributed by atoms with Crippen molar-refractivity contribution in [1.29, 1.82) is 0 Å². The summed E-state index contributed by atoms with van der Waals surface area (Å²) in [5, 5.41) is 9.01. The van der Waals surface area contributed by atoms with E-state index in [1.807, 2.05) is 13.0 Å². The van der Waals surface area contributed by atoms with Gasteiger partial charge in [-0.05, 0) is 98.2 Å². The first-order valence-corrected chi connectivity index (χ1v) is 10.9. The SMILES string of the molecule is CCOc1cccc(C[C@@H]2CCc3cc([C@H](CN)CCCCO)ccc3C2)c1. The van der Waals surface area contributed by atoms with Gasteiger partial charge in [0.25, 0.3) is 0 Å². The summed E-state index contributed by atoms with van der Waals surface area (Å²) in [6.07, 6.45) is 7.65. The van der Waals surface area contributed by atoms with E-state index in [0.717, 1.165) is 44.3 Å². The van der Waals surface area contributed by atoms with Crippen LogP contribution in [0.2, 0.25) is 0 Å². The number of benzene rings is 2. The molecule has 3 N–H and O–H groups in total. The summed E-state index contributed by atoms with van der Waals surface area (Å²) in [4.78, 5) is 0. The highest BCUT2D eigenvalue weighted by Crippen LogP contribution is 2.32. The number of ether oxygens (including phenoxy) is 1. The second-order valence-corrected chi connectivity index (χ2v) is 8.07. The van der Waals surface area contributed by atoms with E-state index in [-0.39, 0.29) is 6.61 Å². The molecule has 0 unspecified atom stereocenters. The summed E-state index contributed by atoms with van der Waals surface area (Å²) in [7, 11) is 0. The fourth-order valence-corrected chi connectivity index (χ4v) is 4.46. The standard InChI is InChI=1S/C25H35NO2/c1-2-28-25-8-5-6-19(16-25)14-20-9-10-22-17-23(12-11-21(22)15-20)24(18-26)7-3-4-13-27/h5-6,8,11-12,16-17,20,24,27H,2-4,7,9-10,13-15,18,26H2,1H3/t20-,24-/m0/s1. The maximum Gasteiger partial charge on any atom is 0.119 e. The summed E-state index contributed by atoms with van der Waals surface area (Å²) < 4.78 is 5.65. The van der Waals surface area contributed by atoms with Gasteiger partial charge in [-0.25, -0.2) is 0 Å². The first-order chi connectivity index (χ1) is 13.7. The van der Waals surface area contributed by atoms with Crippen LogP contribution in [0, 0.1) is 5.92 Å². The first kappa shape index (κ1) is 20.9. The molecule has 3 heteroatoms. The maximum atomic E-state index is 9.01. The molecule has 0 spiro atoms. The smallest absolute Gasteiger partial charge is 0.119 e. The predicted molar refractivity (Wildman–Crippen MR) is 116 cm³/mol. The van der Waals surface area contributed by atoms with Crippen molar-refractivity contribution in [3.05, 3.63) is 64.7 Å². The van der Waals surface area contributed by atoms with Crippen molar-refractivity contribution in [2.75, 3.05) is 19.8 Å². The molecule has 0 saturated carbocycles. The lowest BCUT2D eigenvalue weighted by Gasteiger charge is -2.26. The minimum atomic E-state index is 0.274. The predicted octanol–water partition coefficient (Wildman–Crippen LogP) is 4.64. The minimum Gasteiger partial charge on any atom is -0.494 e. The van der Waals surface area contributed by atoms with E-state index in [1.165, 1.54) is 28.7 Å². The fourth-order valence-electron chi connectivity index (χ4n) is 4.46. The third kappa shape index (κ3) is 5.59. The Morgan fingerprint density at radius 2 is 2.04 bits per heavy atom. The fraction of sp³-hybridized carbons (Fsp3) is 0.520. The van der Waals surface area contributed by atoms with Crippen molar-refractivity contribution in [2.45, 2.75) is 57.8 Å². The largest absolute Gasteiger partial charge is 0.494 e. The Morgan fingerprint density at radius 1 is 1.14 bits per heavy atom. The molecule has 0 bridgehead atoms. The zero-order valence-electron chi connectivity index (χ0n) is 17.2. The number of hydrogen-bond donors (Lipinski definition) is 2. The number of rotatable bonds is 10. The Kier molecular flexibility index (Phi) is 7.93. The van der Waals surface area contributed by atoms with Crippen LogP contribution in [0.5, 0.6) is 5.75 Å². The van der Waals surface area contributed by atoms with Gasteiger partial charge in [0, 0.05) is 6.61 Å². The van der Waals surface area contributed by atoms with Gasteiger partial charge in [0.05, 0.1) is 6.61 Å². The lowest BCUT2D eigenvalue weighted by molar-refractivity contribution is 0.281. The lowest BCUT2D eigenvalue weighted by atomic mass is 9.79. The number of unbranched alkanes of at least 4 members (excludes halogenated alkanes) is 1. The number of aliphatic hydroxyl groups is 1. The zero-order chi connectivity index (χ0) is 19.8. The highest BCUT2D eigenvalue weighted by Gasteiger charge is 2.21.